The first kappa shape index (κ1) is 14.2. The predicted molar refractivity (Wildman–Crippen MR) is 86.4 cm³/mol. The Labute approximate surface area is 138 Å². The van der Waals surface area contributed by atoms with Gasteiger partial charge in [0.25, 0.3) is 5.78 Å². The molecular weight excluding hydrogens is 334 g/mol. The Morgan fingerprint density at radius 1 is 1.26 bits per heavy atom. The van der Waals surface area contributed by atoms with Crippen LogP contribution in [-0.4, -0.2) is 29.8 Å². The van der Waals surface area contributed by atoms with Crippen molar-refractivity contribution in [2.75, 3.05) is 5.73 Å². The van der Waals surface area contributed by atoms with Gasteiger partial charge in [0.15, 0.2) is 10.1 Å². The van der Waals surface area contributed by atoms with Gasteiger partial charge in [0.05, 0.1) is 6.26 Å². The van der Waals surface area contributed by atoms with E-state index in [-0.39, 0.29) is 0 Å². The summed E-state index contributed by atoms with van der Waals surface area (Å²) in [6, 6.07) is 3.61. The molecule has 8 nitrogen and oxygen atoms in total. The van der Waals surface area contributed by atoms with Crippen molar-refractivity contribution in [1.29, 1.82) is 0 Å². The van der Waals surface area contributed by atoms with Gasteiger partial charge in [-0.25, -0.2) is 4.98 Å². The molecule has 2 N–H and O–H groups in total. The topological polar surface area (TPSA) is 108 Å². The van der Waals surface area contributed by atoms with Gasteiger partial charge in [-0.1, -0.05) is 11.3 Å². The molecule has 0 unspecified atom stereocenters. The summed E-state index contributed by atoms with van der Waals surface area (Å²) in [5.41, 5.74) is 7.54. The summed E-state index contributed by atoms with van der Waals surface area (Å²) in [5, 5.41) is 13.7. The number of nitrogen functional groups attached to an aromatic ring is 1. The second-order valence-electron chi connectivity index (χ2n) is 4.76. The Morgan fingerprint density at radius 3 is 2.83 bits per heavy atom. The van der Waals surface area contributed by atoms with Crippen LogP contribution >= 0.6 is 23.1 Å². The van der Waals surface area contributed by atoms with Gasteiger partial charge in [0.2, 0.25) is 11.0 Å². The largest absolute Gasteiger partial charge is 0.461 e. The summed E-state index contributed by atoms with van der Waals surface area (Å²) in [6.45, 7) is 3.93. The van der Waals surface area contributed by atoms with Crippen LogP contribution in [0.4, 0.5) is 5.13 Å². The highest BCUT2D eigenvalue weighted by Gasteiger charge is 2.18. The van der Waals surface area contributed by atoms with Crippen molar-refractivity contribution in [2.24, 2.45) is 0 Å². The zero-order chi connectivity index (χ0) is 16.0. The van der Waals surface area contributed by atoms with E-state index in [0.717, 1.165) is 20.6 Å². The smallest absolute Gasteiger partial charge is 0.254 e. The van der Waals surface area contributed by atoms with Crippen LogP contribution in [0.2, 0.25) is 0 Å². The first-order valence-corrected chi connectivity index (χ1v) is 8.30. The minimum Gasteiger partial charge on any atom is -0.461 e. The molecule has 0 radical (unpaired) electrons. The van der Waals surface area contributed by atoms with Crippen molar-refractivity contribution in [3.05, 3.63) is 29.7 Å². The van der Waals surface area contributed by atoms with E-state index in [1.54, 1.807) is 16.8 Å². The molecule has 116 valence electrons. The average molecular weight is 345 g/mol. The molecule has 0 saturated heterocycles. The van der Waals surface area contributed by atoms with Crippen LogP contribution in [0.25, 0.3) is 17.4 Å². The molecule has 0 spiro atoms. The third-order valence-corrected chi connectivity index (χ3v) is 5.24. The normalized spacial score (nSPS) is 11.4. The highest BCUT2D eigenvalue weighted by Crippen LogP contribution is 2.34. The molecule has 0 saturated carbocycles. The highest BCUT2D eigenvalue weighted by atomic mass is 32.2. The van der Waals surface area contributed by atoms with Crippen LogP contribution in [0.15, 0.2) is 32.2 Å². The van der Waals surface area contributed by atoms with Crippen molar-refractivity contribution in [3.63, 3.8) is 0 Å². The number of nitrogens with zero attached hydrogens (tertiary/aromatic N) is 6. The summed E-state index contributed by atoms with van der Waals surface area (Å²) >= 11 is 2.77. The number of hydrogen-bond donors (Lipinski definition) is 1. The molecule has 10 heteroatoms. The fraction of sp³-hybridized carbons (Fsp3) is 0.154. The molecule has 0 bridgehead atoms. The third kappa shape index (κ3) is 2.45. The number of rotatable bonds is 3. The van der Waals surface area contributed by atoms with E-state index in [4.69, 9.17) is 10.2 Å². The maximum absolute atomic E-state index is 5.65. The van der Waals surface area contributed by atoms with Gasteiger partial charge in [-0.05, 0) is 37.7 Å². The first-order valence-electron chi connectivity index (χ1n) is 6.66. The minimum absolute atomic E-state index is 0.432. The van der Waals surface area contributed by atoms with E-state index in [0.29, 0.717) is 22.5 Å². The van der Waals surface area contributed by atoms with Crippen molar-refractivity contribution < 1.29 is 4.42 Å². The zero-order valence-corrected chi connectivity index (χ0v) is 13.9. The first-order chi connectivity index (χ1) is 11.1. The number of nitrogens with two attached hydrogens (primary N) is 1. The van der Waals surface area contributed by atoms with Gasteiger partial charge in [0, 0.05) is 11.3 Å². The lowest BCUT2D eigenvalue weighted by Gasteiger charge is -2.07. The van der Waals surface area contributed by atoms with E-state index in [1.807, 2.05) is 19.9 Å². The summed E-state index contributed by atoms with van der Waals surface area (Å²) in [4.78, 5) is 8.93. The number of furan rings is 1. The molecule has 0 aliphatic rings. The number of fused-ring (bicyclic) bond motifs is 1. The Kier molecular flexibility index (Phi) is 3.27. The molecule has 0 aliphatic heterocycles. The Bertz CT molecular complexity index is 990. The van der Waals surface area contributed by atoms with Crippen molar-refractivity contribution in [2.45, 2.75) is 23.2 Å². The van der Waals surface area contributed by atoms with Gasteiger partial charge in [-0.3, -0.25) is 0 Å². The molecule has 0 atom stereocenters. The van der Waals surface area contributed by atoms with Crippen LogP contribution < -0.4 is 5.73 Å². The second-order valence-corrected chi connectivity index (χ2v) is 7.01. The molecule has 4 heterocycles. The number of aromatic nitrogens is 6. The molecule has 0 aliphatic carbocycles. The lowest BCUT2D eigenvalue weighted by Crippen LogP contribution is -2.01. The van der Waals surface area contributed by atoms with E-state index in [2.05, 4.69) is 25.3 Å². The molecule has 4 aromatic rings. The SMILES string of the molecule is Cc1nc2nc(-c3ccco3)nn2c(Sc2nnc(N)s2)c1C. The lowest BCUT2D eigenvalue weighted by molar-refractivity contribution is 0.577. The molecule has 23 heavy (non-hydrogen) atoms. The summed E-state index contributed by atoms with van der Waals surface area (Å²) in [6.07, 6.45) is 1.59. The van der Waals surface area contributed by atoms with Crippen LogP contribution in [0.1, 0.15) is 11.3 Å². The van der Waals surface area contributed by atoms with E-state index in [9.17, 15) is 0 Å². The third-order valence-electron chi connectivity index (χ3n) is 3.26. The van der Waals surface area contributed by atoms with Crippen molar-refractivity contribution >= 4 is 34.0 Å². The number of aryl methyl sites for hydroxylation is 1. The minimum atomic E-state index is 0.432. The summed E-state index contributed by atoms with van der Waals surface area (Å²) in [7, 11) is 0. The maximum Gasteiger partial charge on any atom is 0.254 e. The van der Waals surface area contributed by atoms with E-state index >= 15 is 0 Å². The molecular formula is C13H11N7OS2. The Morgan fingerprint density at radius 2 is 2.13 bits per heavy atom. The second kappa shape index (κ2) is 5.32. The van der Waals surface area contributed by atoms with E-state index < -0.39 is 0 Å². The standard InChI is InChI=1S/C13H11N7OS2/c1-6-7(2)15-12-16-9(8-4-3-5-21-8)19-20(12)10(6)22-13-18-17-11(14)23-13/h3-5H,1-2H3,(H2,14,17). The van der Waals surface area contributed by atoms with Crippen LogP contribution in [-0.2, 0) is 0 Å². The highest BCUT2D eigenvalue weighted by molar-refractivity contribution is 8.01. The van der Waals surface area contributed by atoms with Gasteiger partial charge >= 0.3 is 0 Å². The van der Waals surface area contributed by atoms with Crippen LogP contribution in [0, 0.1) is 13.8 Å². The quantitative estimate of drug-likeness (QED) is 0.564. The molecule has 0 aromatic carbocycles. The fourth-order valence-corrected chi connectivity index (χ4v) is 3.79. The monoisotopic (exact) mass is 345 g/mol. The molecule has 0 fully saturated rings. The summed E-state index contributed by atoms with van der Waals surface area (Å²) in [5.74, 6) is 1.60. The van der Waals surface area contributed by atoms with E-state index in [1.165, 1.54) is 23.1 Å². The van der Waals surface area contributed by atoms with Crippen molar-refractivity contribution in [1.82, 2.24) is 29.8 Å². The Balaban J connectivity index is 1.88. The average Bonchev–Trinajstić information content (AvgIpc) is 3.23. The van der Waals surface area contributed by atoms with Gasteiger partial charge in [-0.15, -0.1) is 15.3 Å². The lowest BCUT2D eigenvalue weighted by atomic mass is 10.3. The Hall–Kier alpha value is -2.46. The molecule has 4 rings (SSSR count). The predicted octanol–water partition coefficient (Wildman–Crippen LogP) is 2.59. The summed E-state index contributed by atoms with van der Waals surface area (Å²) < 4.78 is 7.80. The van der Waals surface area contributed by atoms with Gasteiger partial charge < -0.3 is 10.2 Å². The van der Waals surface area contributed by atoms with Gasteiger partial charge in [0.1, 0.15) is 5.03 Å². The van der Waals surface area contributed by atoms with Crippen LogP contribution in [0.5, 0.6) is 0 Å². The number of hydrogen-bond acceptors (Lipinski definition) is 9. The van der Waals surface area contributed by atoms with Gasteiger partial charge in [-0.2, -0.15) is 9.50 Å². The number of anilines is 1. The fourth-order valence-electron chi connectivity index (χ4n) is 2.03. The molecule has 0 amide bonds. The van der Waals surface area contributed by atoms with Crippen molar-refractivity contribution in [3.8, 4) is 11.6 Å². The zero-order valence-electron chi connectivity index (χ0n) is 12.2. The van der Waals surface area contributed by atoms with Crippen LogP contribution in [0.3, 0.4) is 0 Å². The molecule has 4 aromatic heterocycles. The maximum atomic E-state index is 5.65.